The quantitative estimate of drug-likeness (QED) is 0.523. The maximum absolute atomic E-state index is 13.2. The number of aryl methyl sites for hydroxylation is 1. The lowest BCUT2D eigenvalue weighted by molar-refractivity contribution is 0.550. The average molecular weight is 410 g/mol. The van der Waals surface area contributed by atoms with Crippen molar-refractivity contribution < 1.29 is 8.42 Å². The van der Waals surface area contributed by atoms with Crippen LogP contribution < -0.4 is 0 Å². The molecule has 1 aliphatic heterocycles. The van der Waals surface area contributed by atoms with Crippen LogP contribution in [-0.2, 0) is 10.0 Å². The van der Waals surface area contributed by atoms with Gasteiger partial charge in [0.25, 0.3) is 0 Å². The van der Waals surface area contributed by atoms with E-state index in [9.17, 15) is 8.42 Å². The van der Waals surface area contributed by atoms with Crippen LogP contribution in [0.2, 0.25) is 5.02 Å². The Morgan fingerprint density at radius 2 is 1.54 bits per heavy atom. The van der Waals surface area contributed by atoms with Gasteiger partial charge in [-0.05, 0) is 42.3 Å². The molecule has 5 heteroatoms. The summed E-state index contributed by atoms with van der Waals surface area (Å²) in [5.41, 5.74) is 3.00. The van der Waals surface area contributed by atoms with Crippen molar-refractivity contribution in [2.45, 2.75) is 23.9 Å². The van der Waals surface area contributed by atoms with E-state index in [0.717, 1.165) is 16.7 Å². The molecule has 0 radical (unpaired) electrons. The lowest BCUT2D eigenvalue weighted by atomic mass is 10.1. The summed E-state index contributed by atoms with van der Waals surface area (Å²) in [6.45, 7) is 1.94. The zero-order valence-corrected chi connectivity index (χ0v) is 16.9. The first kappa shape index (κ1) is 18.9. The third kappa shape index (κ3) is 3.76. The van der Waals surface area contributed by atoms with Crippen molar-refractivity contribution in [3.8, 4) is 0 Å². The Morgan fingerprint density at radius 3 is 2.18 bits per heavy atom. The summed E-state index contributed by atoms with van der Waals surface area (Å²) in [6.07, 6.45) is 3.90. The van der Waals surface area contributed by atoms with Gasteiger partial charge in [0.15, 0.2) is 0 Å². The first-order valence-electron chi connectivity index (χ1n) is 9.06. The van der Waals surface area contributed by atoms with Crippen molar-refractivity contribution in [3.05, 3.63) is 107 Å². The third-order valence-electron chi connectivity index (χ3n) is 4.90. The van der Waals surface area contributed by atoms with Crippen molar-refractivity contribution >= 4 is 27.7 Å². The fourth-order valence-corrected chi connectivity index (χ4v) is 5.18. The Hall–Kier alpha value is -2.40. The first-order chi connectivity index (χ1) is 13.5. The van der Waals surface area contributed by atoms with E-state index < -0.39 is 10.0 Å². The van der Waals surface area contributed by atoms with Crippen molar-refractivity contribution in [1.82, 2.24) is 4.31 Å². The van der Waals surface area contributed by atoms with Crippen molar-refractivity contribution in [1.29, 1.82) is 0 Å². The predicted molar refractivity (Wildman–Crippen MR) is 114 cm³/mol. The third-order valence-corrected chi connectivity index (χ3v) is 7.04. The van der Waals surface area contributed by atoms with Crippen LogP contribution in [0.25, 0.3) is 6.08 Å². The highest BCUT2D eigenvalue weighted by molar-refractivity contribution is 7.89. The van der Waals surface area contributed by atoms with Gasteiger partial charge >= 0.3 is 0 Å². The molecule has 0 saturated carbocycles. The van der Waals surface area contributed by atoms with E-state index >= 15 is 0 Å². The fourth-order valence-electron chi connectivity index (χ4n) is 3.34. The standard InChI is InChI=1S/C23H20ClNO2S/c1-17-7-14-21(15-8-17)28(26,27)25-22(23(25)19-5-3-2-4-6-19)16-11-18-9-12-20(24)13-10-18/h2-16,22-23H,1H3/b16-11+/t22-,23-,25?/m1/s1. The summed E-state index contributed by atoms with van der Waals surface area (Å²) < 4.78 is 28.0. The molecule has 0 amide bonds. The van der Waals surface area contributed by atoms with Crippen LogP contribution in [-0.4, -0.2) is 18.8 Å². The number of benzene rings is 3. The minimum atomic E-state index is -3.58. The van der Waals surface area contributed by atoms with E-state index in [2.05, 4.69) is 0 Å². The van der Waals surface area contributed by atoms with Crippen LogP contribution in [0.5, 0.6) is 0 Å². The Labute approximate surface area is 170 Å². The van der Waals surface area contributed by atoms with Gasteiger partial charge in [0.2, 0.25) is 10.0 Å². The number of rotatable bonds is 5. The average Bonchev–Trinajstić information content (AvgIpc) is 3.44. The molecule has 1 fully saturated rings. The maximum Gasteiger partial charge on any atom is 0.244 e. The summed E-state index contributed by atoms with van der Waals surface area (Å²) in [6, 6.07) is 23.8. The van der Waals surface area contributed by atoms with Crippen LogP contribution in [0.3, 0.4) is 0 Å². The van der Waals surface area contributed by atoms with Gasteiger partial charge in [-0.25, -0.2) is 8.42 Å². The topological polar surface area (TPSA) is 37.1 Å². The number of hydrogen-bond donors (Lipinski definition) is 0. The second-order valence-corrected chi connectivity index (χ2v) is 9.18. The molecule has 0 aromatic heterocycles. The normalized spacial score (nSPS) is 21.7. The molecule has 142 valence electrons. The van der Waals surface area contributed by atoms with Gasteiger partial charge in [0.05, 0.1) is 17.0 Å². The van der Waals surface area contributed by atoms with Crippen LogP contribution in [0.1, 0.15) is 22.7 Å². The fraction of sp³-hybridized carbons (Fsp3) is 0.130. The monoisotopic (exact) mass is 409 g/mol. The van der Waals surface area contributed by atoms with Crippen LogP contribution in [0.15, 0.2) is 89.8 Å². The Bertz CT molecular complexity index is 1090. The maximum atomic E-state index is 13.2. The molecular formula is C23H20ClNO2S. The van der Waals surface area contributed by atoms with Gasteiger partial charge < -0.3 is 0 Å². The van der Waals surface area contributed by atoms with E-state index in [1.165, 1.54) is 0 Å². The van der Waals surface area contributed by atoms with E-state index in [1.54, 1.807) is 16.4 Å². The van der Waals surface area contributed by atoms with Gasteiger partial charge in [-0.15, -0.1) is 0 Å². The van der Waals surface area contributed by atoms with Gasteiger partial charge in [-0.3, -0.25) is 0 Å². The molecular weight excluding hydrogens is 390 g/mol. The first-order valence-corrected chi connectivity index (χ1v) is 10.9. The number of sulfonamides is 1. The summed E-state index contributed by atoms with van der Waals surface area (Å²) in [7, 11) is -3.58. The van der Waals surface area contributed by atoms with Gasteiger partial charge in [-0.2, -0.15) is 4.31 Å². The highest BCUT2D eigenvalue weighted by atomic mass is 35.5. The number of halogens is 1. The zero-order valence-electron chi connectivity index (χ0n) is 15.4. The summed E-state index contributed by atoms with van der Waals surface area (Å²) in [5, 5.41) is 0.675. The van der Waals surface area contributed by atoms with E-state index in [-0.39, 0.29) is 12.1 Å². The minimum absolute atomic E-state index is 0.198. The van der Waals surface area contributed by atoms with Gasteiger partial charge in [-0.1, -0.05) is 83.9 Å². The molecule has 0 aliphatic carbocycles. The highest BCUT2D eigenvalue weighted by Crippen LogP contribution is 2.48. The molecule has 3 nitrogen and oxygen atoms in total. The van der Waals surface area contributed by atoms with E-state index in [1.807, 2.05) is 85.8 Å². The Balaban J connectivity index is 1.67. The predicted octanol–water partition coefficient (Wildman–Crippen LogP) is 5.48. The number of hydrogen-bond acceptors (Lipinski definition) is 2. The van der Waals surface area contributed by atoms with Crippen molar-refractivity contribution in [2.24, 2.45) is 0 Å². The summed E-state index contributed by atoms with van der Waals surface area (Å²) in [4.78, 5) is 0.321. The molecule has 1 saturated heterocycles. The molecule has 3 aromatic rings. The number of nitrogens with zero attached hydrogens (tertiary/aromatic N) is 1. The van der Waals surface area contributed by atoms with Gasteiger partial charge in [0.1, 0.15) is 0 Å². The highest BCUT2D eigenvalue weighted by Gasteiger charge is 2.54. The molecule has 28 heavy (non-hydrogen) atoms. The summed E-state index contributed by atoms with van der Waals surface area (Å²) >= 11 is 5.94. The van der Waals surface area contributed by atoms with Crippen LogP contribution >= 0.6 is 11.6 Å². The molecule has 0 spiro atoms. The molecule has 4 rings (SSSR count). The second-order valence-electron chi connectivity index (χ2n) is 6.90. The van der Waals surface area contributed by atoms with E-state index in [4.69, 9.17) is 11.6 Å². The summed E-state index contributed by atoms with van der Waals surface area (Å²) in [5.74, 6) is 0. The van der Waals surface area contributed by atoms with Crippen LogP contribution in [0.4, 0.5) is 0 Å². The van der Waals surface area contributed by atoms with Crippen molar-refractivity contribution in [3.63, 3.8) is 0 Å². The SMILES string of the molecule is Cc1ccc(S(=O)(=O)N2[C@H](/C=C/c3ccc(Cl)cc3)[C@H]2c2ccccc2)cc1. The molecule has 1 aliphatic rings. The van der Waals surface area contributed by atoms with Gasteiger partial charge in [0, 0.05) is 5.02 Å². The van der Waals surface area contributed by atoms with Crippen molar-refractivity contribution in [2.75, 3.05) is 0 Å². The Kier molecular flexibility index (Phi) is 5.11. The lowest BCUT2D eigenvalue weighted by Gasteiger charge is -2.07. The second kappa shape index (κ2) is 7.55. The van der Waals surface area contributed by atoms with E-state index in [0.29, 0.717) is 9.92 Å². The minimum Gasteiger partial charge on any atom is -0.207 e. The zero-order chi connectivity index (χ0) is 19.7. The Morgan fingerprint density at radius 1 is 0.893 bits per heavy atom. The largest absolute Gasteiger partial charge is 0.244 e. The molecule has 1 heterocycles. The molecule has 1 unspecified atom stereocenters. The van der Waals surface area contributed by atoms with Crippen LogP contribution in [0, 0.1) is 6.92 Å². The molecule has 0 N–H and O–H groups in total. The molecule has 0 bridgehead atoms. The lowest BCUT2D eigenvalue weighted by Crippen LogP contribution is -2.14. The molecule has 3 aromatic carbocycles. The smallest absolute Gasteiger partial charge is 0.207 e. The molecule has 3 atom stereocenters.